The highest BCUT2D eigenvalue weighted by Crippen LogP contribution is 2.22. The summed E-state index contributed by atoms with van der Waals surface area (Å²) in [5.74, 6) is -0.0831. The smallest absolute Gasteiger partial charge is 0.221 e. The second kappa shape index (κ2) is 12.9. The number of nitrogens with zero attached hydrogens (tertiary/aromatic N) is 3. The molecule has 5 nitrogen and oxygen atoms in total. The van der Waals surface area contributed by atoms with E-state index in [9.17, 15) is 4.79 Å². The molecule has 0 unspecified atom stereocenters. The molecule has 0 aliphatic heterocycles. The summed E-state index contributed by atoms with van der Waals surface area (Å²) in [6.45, 7) is 13.4. The summed E-state index contributed by atoms with van der Waals surface area (Å²) < 4.78 is 0.838. The predicted octanol–water partition coefficient (Wildman–Crippen LogP) is 4.76. The first-order chi connectivity index (χ1) is 11.9. The van der Waals surface area contributed by atoms with Gasteiger partial charge in [0.15, 0.2) is 5.17 Å². The van der Waals surface area contributed by atoms with Gasteiger partial charge in [0.05, 0.1) is 5.69 Å². The highest BCUT2D eigenvalue weighted by atomic mass is 35.5. The SMILES string of the molecule is CCN(CC)C(=S)SC(=Nc1ccc(NC(C)=O)cc1)N(CC)CC.Cl. The van der Waals surface area contributed by atoms with Crippen molar-refractivity contribution in [3.63, 3.8) is 0 Å². The number of aliphatic imine (C=N–C) groups is 1. The number of halogens is 1. The first-order valence-corrected chi connectivity index (χ1v) is 9.85. The van der Waals surface area contributed by atoms with Crippen LogP contribution in [0.1, 0.15) is 34.6 Å². The molecule has 1 amide bonds. The molecular weight excluding hydrogens is 388 g/mol. The molecule has 1 N–H and O–H groups in total. The van der Waals surface area contributed by atoms with E-state index in [-0.39, 0.29) is 18.3 Å². The number of anilines is 1. The van der Waals surface area contributed by atoms with E-state index < -0.39 is 0 Å². The standard InChI is InChI=1S/C18H28N4OS2.ClH/c1-6-21(7-2)17(25-18(24)22(8-3)9-4)20-16-12-10-15(11-13-16)19-14(5)23;/h10-13H,6-9H2,1-5H3,(H,19,23);1H. The lowest BCUT2D eigenvalue weighted by Crippen LogP contribution is -2.33. The summed E-state index contributed by atoms with van der Waals surface area (Å²) in [6, 6.07) is 7.51. The Morgan fingerprint density at radius 1 is 1.04 bits per heavy atom. The van der Waals surface area contributed by atoms with Gasteiger partial charge >= 0.3 is 0 Å². The van der Waals surface area contributed by atoms with Gasteiger partial charge in [-0.3, -0.25) is 4.79 Å². The normalized spacial score (nSPS) is 10.7. The fourth-order valence-corrected chi connectivity index (χ4v) is 3.77. The van der Waals surface area contributed by atoms with Crippen LogP contribution in [0, 0.1) is 0 Å². The molecule has 1 aromatic rings. The zero-order valence-corrected chi connectivity index (χ0v) is 18.6. The Morgan fingerprint density at radius 2 is 1.54 bits per heavy atom. The van der Waals surface area contributed by atoms with E-state index in [0.29, 0.717) is 0 Å². The van der Waals surface area contributed by atoms with Gasteiger partial charge < -0.3 is 15.1 Å². The Labute approximate surface area is 173 Å². The van der Waals surface area contributed by atoms with Crippen molar-refractivity contribution >= 4 is 63.2 Å². The largest absolute Gasteiger partial charge is 0.358 e. The zero-order chi connectivity index (χ0) is 18.8. The van der Waals surface area contributed by atoms with Crippen LogP contribution in [-0.2, 0) is 4.79 Å². The second-order valence-electron chi connectivity index (χ2n) is 5.33. The molecule has 0 aliphatic carbocycles. The number of thioether (sulfide) groups is 1. The Kier molecular flexibility index (Phi) is 12.3. The van der Waals surface area contributed by atoms with Crippen molar-refractivity contribution in [1.82, 2.24) is 9.80 Å². The Hall–Kier alpha value is -1.31. The summed E-state index contributed by atoms with van der Waals surface area (Å²) in [5, 5.41) is 3.66. The van der Waals surface area contributed by atoms with Crippen molar-refractivity contribution < 1.29 is 4.79 Å². The van der Waals surface area contributed by atoms with Crippen LogP contribution in [0.15, 0.2) is 29.3 Å². The lowest BCUT2D eigenvalue weighted by Gasteiger charge is -2.26. The molecule has 0 bridgehead atoms. The van der Waals surface area contributed by atoms with Crippen LogP contribution < -0.4 is 5.32 Å². The van der Waals surface area contributed by atoms with Crippen molar-refractivity contribution in [1.29, 1.82) is 0 Å². The van der Waals surface area contributed by atoms with Gasteiger partial charge in [0.2, 0.25) is 5.91 Å². The average molecular weight is 417 g/mol. The molecule has 0 spiro atoms. The van der Waals surface area contributed by atoms with E-state index in [0.717, 1.165) is 47.0 Å². The van der Waals surface area contributed by atoms with E-state index in [4.69, 9.17) is 17.2 Å². The summed E-state index contributed by atoms with van der Waals surface area (Å²) in [6.07, 6.45) is 0. The molecule has 0 aliphatic rings. The molecule has 0 saturated carbocycles. The fourth-order valence-electron chi connectivity index (χ4n) is 2.21. The Balaban J connectivity index is 0.00000625. The lowest BCUT2D eigenvalue weighted by molar-refractivity contribution is -0.114. The minimum atomic E-state index is -0.0831. The summed E-state index contributed by atoms with van der Waals surface area (Å²) >= 11 is 7.12. The highest BCUT2D eigenvalue weighted by Gasteiger charge is 2.15. The van der Waals surface area contributed by atoms with Crippen molar-refractivity contribution in [3.05, 3.63) is 24.3 Å². The van der Waals surface area contributed by atoms with Crippen LogP contribution in [0.25, 0.3) is 0 Å². The van der Waals surface area contributed by atoms with Gasteiger partial charge in [-0.2, -0.15) is 0 Å². The lowest BCUT2D eigenvalue weighted by atomic mass is 10.3. The number of carbonyl (C=O) groups is 1. The Bertz CT molecular complexity index is 600. The molecule has 0 saturated heterocycles. The van der Waals surface area contributed by atoms with Crippen LogP contribution in [0.2, 0.25) is 0 Å². The number of amidine groups is 1. The van der Waals surface area contributed by atoms with Gasteiger partial charge in [0.1, 0.15) is 4.32 Å². The molecule has 0 radical (unpaired) electrons. The number of rotatable bonds is 6. The maximum atomic E-state index is 11.1. The maximum Gasteiger partial charge on any atom is 0.221 e. The molecule has 1 aromatic carbocycles. The van der Waals surface area contributed by atoms with Crippen molar-refractivity contribution in [2.45, 2.75) is 34.6 Å². The number of benzene rings is 1. The third-order valence-electron chi connectivity index (χ3n) is 3.65. The topological polar surface area (TPSA) is 47.9 Å². The minimum Gasteiger partial charge on any atom is -0.358 e. The molecule has 0 aromatic heterocycles. The van der Waals surface area contributed by atoms with E-state index in [1.54, 1.807) is 0 Å². The van der Waals surface area contributed by atoms with Crippen molar-refractivity contribution in [3.8, 4) is 0 Å². The number of hydrogen-bond acceptors (Lipinski definition) is 4. The number of thiocarbonyl (C=S) groups is 1. The molecule has 0 atom stereocenters. The van der Waals surface area contributed by atoms with E-state index in [1.165, 1.54) is 18.7 Å². The van der Waals surface area contributed by atoms with Crippen LogP contribution in [0.5, 0.6) is 0 Å². The number of hydrogen-bond donors (Lipinski definition) is 1. The van der Waals surface area contributed by atoms with Gasteiger partial charge in [-0.25, -0.2) is 4.99 Å². The summed E-state index contributed by atoms with van der Waals surface area (Å²) in [5.41, 5.74) is 1.60. The zero-order valence-electron chi connectivity index (χ0n) is 16.1. The van der Waals surface area contributed by atoms with Crippen LogP contribution in [0.3, 0.4) is 0 Å². The van der Waals surface area contributed by atoms with Gasteiger partial charge in [-0.15, -0.1) is 12.4 Å². The average Bonchev–Trinajstić information content (AvgIpc) is 2.58. The molecule has 0 fully saturated rings. The summed E-state index contributed by atoms with van der Waals surface area (Å²) in [7, 11) is 0. The monoisotopic (exact) mass is 416 g/mol. The third kappa shape index (κ3) is 7.93. The third-order valence-corrected chi connectivity index (χ3v) is 5.12. The quantitative estimate of drug-likeness (QED) is 0.411. The van der Waals surface area contributed by atoms with Crippen molar-refractivity contribution in [2.75, 3.05) is 31.5 Å². The second-order valence-corrected chi connectivity index (χ2v) is 6.94. The Morgan fingerprint density at radius 3 is 1.96 bits per heavy atom. The van der Waals surface area contributed by atoms with Gasteiger partial charge in [0.25, 0.3) is 0 Å². The molecule has 8 heteroatoms. The maximum absolute atomic E-state index is 11.1. The van der Waals surface area contributed by atoms with Gasteiger partial charge in [-0.1, -0.05) is 12.2 Å². The highest BCUT2D eigenvalue weighted by molar-refractivity contribution is 8.32. The first-order valence-electron chi connectivity index (χ1n) is 8.63. The van der Waals surface area contributed by atoms with Crippen LogP contribution in [-0.4, -0.2) is 51.4 Å². The van der Waals surface area contributed by atoms with Gasteiger partial charge in [0, 0.05) is 38.8 Å². The van der Waals surface area contributed by atoms with Crippen LogP contribution in [0.4, 0.5) is 11.4 Å². The minimum absolute atomic E-state index is 0. The predicted molar refractivity (Wildman–Crippen MR) is 121 cm³/mol. The molecule has 146 valence electrons. The first kappa shape index (κ1) is 24.7. The number of amides is 1. The molecule has 0 heterocycles. The van der Waals surface area contributed by atoms with E-state index in [1.807, 2.05) is 24.3 Å². The van der Waals surface area contributed by atoms with E-state index >= 15 is 0 Å². The van der Waals surface area contributed by atoms with Gasteiger partial charge in [-0.05, 0) is 63.7 Å². The molecular formula is C18H29ClN4OS2. The van der Waals surface area contributed by atoms with E-state index in [2.05, 4.69) is 42.8 Å². The molecule has 1 rings (SSSR count). The van der Waals surface area contributed by atoms with Crippen LogP contribution >= 0.6 is 36.4 Å². The molecule has 26 heavy (non-hydrogen) atoms. The summed E-state index contributed by atoms with van der Waals surface area (Å²) in [4.78, 5) is 20.3. The fraction of sp³-hybridized carbons (Fsp3) is 0.500. The van der Waals surface area contributed by atoms with Crippen molar-refractivity contribution in [2.24, 2.45) is 4.99 Å². The number of nitrogens with one attached hydrogen (secondary N) is 1. The number of carbonyl (C=O) groups excluding carboxylic acids is 1.